The highest BCUT2D eigenvalue weighted by atomic mass is 35.5. The number of rotatable bonds is 5. The van der Waals surface area contributed by atoms with E-state index >= 15 is 0 Å². The third-order valence-corrected chi connectivity index (χ3v) is 6.05. The Morgan fingerprint density at radius 3 is 2.31 bits per heavy atom. The Morgan fingerprint density at radius 1 is 0.962 bits per heavy atom. The molecule has 2 heterocycles. The number of ether oxygens (including phenoxy) is 1. The number of likely N-dealkylation sites (tertiary alicyclic amines) is 1. The van der Waals surface area contributed by atoms with Crippen LogP contribution in [0.3, 0.4) is 0 Å². The molecule has 2 fully saturated rings. The molecule has 2 saturated heterocycles. The molecule has 0 unspecified atom stereocenters. The van der Waals surface area contributed by atoms with Crippen LogP contribution >= 0.6 is 11.6 Å². The van der Waals surface area contributed by atoms with Crippen molar-refractivity contribution in [3.63, 3.8) is 0 Å². The molecule has 0 saturated carbocycles. The fraction of sp³-hybridized carbons (Fsp3) is 0.429. The molecule has 1 spiro atoms. The average molecular weight is 375 g/mol. The molecule has 3 nitrogen and oxygen atoms in total. The number of halogens is 2. The van der Waals surface area contributed by atoms with E-state index in [1.54, 1.807) is 18.2 Å². The standard InChI is InChI=1S/C21H24ClFN2O/c22-17-5-7-18(8-6-17)25-14-11-21(25)9-12-24(13-10-21)15-16-26-20-4-2-1-3-19(20)23/h1-8H,9-16H2. The Balaban J connectivity index is 1.27. The van der Waals surface area contributed by atoms with E-state index in [0.29, 0.717) is 17.9 Å². The van der Waals surface area contributed by atoms with Crippen molar-refractivity contribution in [1.82, 2.24) is 4.90 Å². The zero-order chi connectivity index (χ0) is 18.0. The van der Waals surface area contributed by atoms with Crippen molar-refractivity contribution in [2.75, 3.05) is 37.7 Å². The summed E-state index contributed by atoms with van der Waals surface area (Å²) in [7, 11) is 0. The highest BCUT2D eigenvalue weighted by Crippen LogP contribution is 2.43. The first-order chi connectivity index (χ1) is 12.7. The van der Waals surface area contributed by atoms with Gasteiger partial charge in [0.2, 0.25) is 0 Å². The van der Waals surface area contributed by atoms with Crippen LogP contribution in [0.4, 0.5) is 10.1 Å². The lowest BCUT2D eigenvalue weighted by molar-refractivity contribution is 0.103. The maximum absolute atomic E-state index is 13.6. The molecule has 2 aromatic carbocycles. The molecule has 4 rings (SSSR count). The summed E-state index contributed by atoms with van der Waals surface area (Å²) >= 11 is 6.02. The molecular formula is C21H24ClFN2O. The second-order valence-corrected chi connectivity index (χ2v) is 7.66. The van der Waals surface area contributed by atoms with Crippen molar-refractivity contribution in [1.29, 1.82) is 0 Å². The van der Waals surface area contributed by atoms with Crippen LogP contribution in [-0.2, 0) is 0 Å². The zero-order valence-electron chi connectivity index (χ0n) is 14.8. The van der Waals surface area contributed by atoms with Crippen molar-refractivity contribution >= 4 is 17.3 Å². The van der Waals surface area contributed by atoms with Crippen molar-refractivity contribution in [3.8, 4) is 5.75 Å². The third-order valence-electron chi connectivity index (χ3n) is 5.80. The van der Waals surface area contributed by atoms with E-state index in [1.165, 1.54) is 18.2 Å². The minimum Gasteiger partial charge on any atom is -0.489 e. The average Bonchev–Trinajstić information content (AvgIpc) is 2.65. The molecule has 138 valence electrons. The molecule has 2 aliphatic rings. The first-order valence-corrected chi connectivity index (χ1v) is 9.67. The van der Waals surface area contributed by atoms with Crippen molar-refractivity contribution in [2.24, 2.45) is 0 Å². The molecule has 26 heavy (non-hydrogen) atoms. The molecule has 2 aromatic rings. The number of benzene rings is 2. The number of piperidine rings is 1. The minimum absolute atomic E-state index is 0.293. The normalized spacial score (nSPS) is 19.4. The molecule has 0 amide bonds. The smallest absolute Gasteiger partial charge is 0.165 e. The van der Waals surface area contributed by atoms with Crippen LogP contribution in [0.25, 0.3) is 0 Å². The van der Waals surface area contributed by atoms with Gasteiger partial charge in [0, 0.05) is 42.4 Å². The largest absolute Gasteiger partial charge is 0.489 e. The summed E-state index contributed by atoms with van der Waals surface area (Å²) in [6.07, 6.45) is 3.58. The Labute approximate surface area is 159 Å². The van der Waals surface area contributed by atoms with E-state index in [4.69, 9.17) is 16.3 Å². The molecule has 0 aromatic heterocycles. The van der Waals surface area contributed by atoms with Gasteiger partial charge in [-0.2, -0.15) is 0 Å². The second kappa shape index (κ2) is 7.45. The lowest BCUT2D eigenvalue weighted by Gasteiger charge is -2.58. The summed E-state index contributed by atoms with van der Waals surface area (Å²) in [6, 6.07) is 14.8. The minimum atomic E-state index is -0.293. The first kappa shape index (κ1) is 17.6. The van der Waals surface area contributed by atoms with E-state index < -0.39 is 0 Å². The van der Waals surface area contributed by atoms with Gasteiger partial charge in [-0.15, -0.1) is 0 Å². The maximum Gasteiger partial charge on any atom is 0.165 e. The topological polar surface area (TPSA) is 15.7 Å². The molecule has 5 heteroatoms. The fourth-order valence-corrected chi connectivity index (χ4v) is 4.25. The van der Waals surface area contributed by atoms with Crippen molar-refractivity contribution in [3.05, 3.63) is 59.4 Å². The van der Waals surface area contributed by atoms with Gasteiger partial charge in [-0.1, -0.05) is 23.7 Å². The monoisotopic (exact) mass is 374 g/mol. The third kappa shape index (κ3) is 3.53. The predicted octanol–water partition coefficient (Wildman–Crippen LogP) is 4.60. The van der Waals surface area contributed by atoms with Gasteiger partial charge in [0.15, 0.2) is 11.6 Å². The van der Waals surface area contributed by atoms with Gasteiger partial charge in [-0.3, -0.25) is 4.90 Å². The summed E-state index contributed by atoms with van der Waals surface area (Å²) in [5.74, 6) is 0.0482. The van der Waals surface area contributed by atoms with Crippen LogP contribution < -0.4 is 9.64 Å². The lowest BCUT2D eigenvalue weighted by atomic mass is 9.76. The molecule has 0 radical (unpaired) electrons. The van der Waals surface area contributed by atoms with Crippen LogP contribution in [0.2, 0.25) is 5.02 Å². The Bertz CT molecular complexity index is 744. The van der Waals surface area contributed by atoms with Gasteiger partial charge in [0.05, 0.1) is 0 Å². The van der Waals surface area contributed by atoms with E-state index in [0.717, 1.165) is 44.0 Å². The molecule has 0 aliphatic carbocycles. The summed E-state index contributed by atoms with van der Waals surface area (Å²) in [6.45, 7) is 4.60. The molecular weight excluding hydrogens is 351 g/mol. The van der Waals surface area contributed by atoms with Crippen LogP contribution in [-0.4, -0.2) is 43.2 Å². The summed E-state index contributed by atoms with van der Waals surface area (Å²) < 4.78 is 19.2. The Hall–Kier alpha value is -1.78. The lowest BCUT2D eigenvalue weighted by Crippen LogP contribution is -2.64. The fourth-order valence-electron chi connectivity index (χ4n) is 4.12. The quantitative estimate of drug-likeness (QED) is 0.760. The summed E-state index contributed by atoms with van der Waals surface area (Å²) in [5, 5.41) is 0.785. The molecule has 0 atom stereocenters. The van der Waals surface area contributed by atoms with Crippen LogP contribution in [0.15, 0.2) is 48.5 Å². The summed E-state index contributed by atoms with van der Waals surface area (Å²) in [4.78, 5) is 4.96. The van der Waals surface area contributed by atoms with E-state index in [1.807, 2.05) is 12.1 Å². The van der Waals surface area contributed by atoms with Gasteiger partial charge in [-0.05, 0) is 55.7 Å². The number of hydrogen-bond donors (Lipinski definition) is 0. The van der Waals surface area contributed by atoms with Gasteiger partial charge in [-0.25, -0.2) is 4.39 Å². The highest BCUT2D eigenvalue weighted by Gasteiger charge is 2.46. The van der Waals surface area contributed by atoms with E-state index in [2.05, 4.69) is 21.9 Å². The Morgan fingerprint density at radius 2 is 1.65 bits per heavy atom. The SMILES string of the molecule is Fc1ccccc1OCCN1CCC2(CC1)CCN2c1ccc(Cl)cc1. The van der Waals surface area contributed by atoms with E-state index in [9.17, 15) is 4.39 Å². The molecule has 0 N–H and O–H groups in total. The van der Waals surface area contributed by atoms with Crippen LogP contribution in [0.1, 0.15) is 19.3 Å². The van der Waals surface area contributed by atoms with Gasteiger partial charge in [0.1, 0.15) is 6.61 Å². The summed E-state index contributed by atoms with van der Waals surface area (Å²) in [5.41, 5.74) is 1.58. The second-order valence-electron chi connectivity index (χ2n) is 7.22. The van der Waals surface area contributed by atoms with Crippen molar-refractivity contribution in [2.45, 2.75) is 24.8 Å². The zero-order valence-corrected chi connectivity index (χ0v) is 15.6. The number of nitrogens with zero attached hydrogens (tertiary/aromatic N) is 2. The number of anilines is 1. The number of hydrogen-bond acceptors (Lipinski definition) is 3. The molecule has 2 aliphatic heterocycles. The van der Waals surface area contributed by atoms with E-state index in [-0.39, 0.29) is 5.82 Å². The van der Waals surface area contributed by atoms with Gasteiger partial charge < -0.3 is 9.64 Å². The van der Waals surface area contributed by atoms with Crippen LogP contribution in [0.5, 0.6) is 5.75 Å². The highest BCUT2D eigenvalue weighted by molar-refractivity contribution is 6.30. The number of para-hydroxylation sites is 1. The predicted molar refractivity (Wildman–Crippen MR) is 104 cm³/mol. The van der Waals surface area contributed by atoms with Gasteiger partial charge in [0.25, 0.3) is 0 Å². The van der Waals surface area contributed by atoms with Crippen LogP contribution in [0, 0.1) is 5.82 Å². The maximum atomic E-state index is 13.6. The first-order valence-electron chi connectivity index (χ1n) is 9.29. The molecule has 0 bridgehead atoms. The Kier molecular flexibility index (Phi) is 5.05. The van der Waals surface area contributed by atoms with Crippen molar-refractivity contribution < 1.29 is 9.13 Å². The van der Waals surface area contributed by atoms with Gasteiger partial charge >= 0.3 is 0 Å².